The highest BCUT2D eigenvalue weighted by Crippen LogP contribution is 2.25. The van der Waals surface area contributed by atoms with E-state index < -0.39 is 18.3 Å². The van der Waals surface area contributed by atoms with Crippen LogP contribution in [0.3, 0.4) is 0 Å². The number of aromatic nitrogens is 1. The zero-order valence-corrected chi connectivity index (χ0v) is 12.5. The van der Waals surface area contributed by atoms with E-state index in [0.717, 1.165) is 0 Å². The first kappa shape index (κ1) is 16.6. The first-order chi connectivity index (χ1) is 9.03. The number of nitrogens with one attached hydrogen (secondary N) is 1. The third kappa shape index (κ3) is 4.30. The zero-order valence-electron chi connectivity index (χ0n) is 12.5. The van der Waals surface area contributed by atoms with Crippen LogP contribution in [0.4, 0.5) is 5.82 Å². The number of nitrogens with zero attached hydrogens (tertiary/aromatic N) is 1. The molecule has 1 heterocycles. The Morgan fingerprint density at radius 3 is 2.35 bits per heavy atom. The smallest absolute Gasteiger partial charge is 0.423 e. The Hall–Kier alpha value is -1.44. The molecule has 0 unspecified atom stereocenters. The lowest BCUT2D eigenvalue weighted by Crippen LogP contribution is -2.53. The molecule has 0 saturated heterocycles. The van der Waals surface area contributed by atoms with Crippen LogP contribution in [-0.2, 0) is 9.45 Å². The Bertz CT molecular complexity index is 468. The largest absolute Gasteiger partial charge is 0.493 e. The molecule has 20 heavy (non-hydrogen) atoms. The van der Waals surface area contributed by atoms with Gasteiger partial charge in [0, 0.05) is 18.6 Å². The topological polar surface area (TPSA) is 91.7 Å². The molecule has 6 nitrogen and oxygen atoms in total. The van der Waals surface area contributed by atoms with Gasteiger partial charge in [-0.15, -0.1) is 0 Å². The van der Waals surface area contributed by atoms with Gasteiger partial charge in [0.2, 0.25) is 5.91 Å². The average Bonchev–Trinajstić information content (AvgIpc) is 2.26. The molecule has 0 bridgehead atoms. The fourth-order valence-electron chi connectivity index (χ4n) is 1.30. The maximum atomic E-state index is 10.9. The van der Waals surface area contributed by atoms with Crippen LogP contribution in [0.15, 0.2) is 18.3 Å². The van der Waals surface area contributed by atoms with Crippen molar-refractivity contribution in [3.05, 3.63) is 18.3 Å². The number of carbonyl (C=O) groups excluding carboxylic acids is 1. The second-order valence-corrected chi connectivity index (χ2v) is 5.70. The molecule has 0 aliphatic heterocycles. The molecule has 1 aromatic heterocycles. The van der Waals surface area contributed by atoms with Gasteiger partial charge in [0.15, 0.2) is 0 Å². The van der Waals surface area contributed by atoms with Crippen LogP contribution in [0.25, 0.3) is 0 Å². The molecular weight excluding hydrogens is 259 g/mol. The van der Waals surface area contributed by atoms with Crippen LogP contribution in [-0.4, -0.2) is 39.3 Å². The number of hydrogen-bond donors (Lipinski definition) is 3. The number of anilines is 1. The highest BCUT2D eigenvalue weighted by atomic mass is 16.5. The zero-order chi connectivity index (χ0) is 15.6. The van der Waals surface area contributed by atoms with Gasteiger partial charge in [0.05, 0.1) is 11.2 Å². The van der Waals surface area contributed by atoms with Crippen molar-refractivity contribution in [3.63, 3.8) is 0 Å². The van der Waals surface area contributed by atoms with Crippen molar-refractivity contribution in [2.45, 2.75) is 45.8 Å². The van der Waals surface area contributed by atoms with E-state index in [2.05, 4.69) is 10.3 Å². The fourth-order valence-corrected chi connectivity index (χ4v) is 1.30. The minimum absolute atomic E-state index is 0.217. The number of amides is 1. The molecule has 3 N–H and O–H groups in total. The molecule has 0 aliphatic rings. The van der Waals surface area contributed by atoms with E-state index in [1.165, 1.54) is 13.1 Å². The van der Waals surface area contributed by atoms with Crippen LogP contribution >= 0.6 is 0 Å². The second-order valence-electron chi connectivity index (χ2n) is 5.70. The summed E-state index contributed by atoms with van der Waals surface area (Å²) in [4.78, 5) is 14.9. The van der Waals surface area contributed by atoms with Crippen LogP contribution in [0.2, 0.25) is 0 Å². The Morgan fingerprint density at radius 1 is 1.35 bits per heavy atom. The van der Waals surface area contributed by atoms with Crippen molar-refractivity contribution in [1.29, 1.82) is 0 Å². The lowest BCUT2D eigenvalue weighted by Gasteiger charge is -2.38. The maximum absolute atomic E-state index is 10.9. The molecule has 7 heteroatoms. The minimum atomic E-state index is -1.21. The molecule has 110 valence electrons. The number of rotatable bonds is 5. The lowest BCUT2D eigenvalue weighted by molar-refractivity contribution is -0.114. The Labute approximate surface area is 119 Å². The summed E-state index contributed by atoms with van der Waals surface area (Å²) in [5, 5.41) is 22.5. The van der Waals surface area contributed by atoms with Gasteiger partial charge >= 0.3 is 7.12 Å². The first-order valence-corrected chi connectivity index (χ1v) is 6.35. The quantitative estimate of drug-likeness (QED) is 0.674. The van der Waals surface area contributed by atoms with E-state index in [-0.39, 0.29) is 5.91 Å². The van der Waals surface area contributed by atoms with E-state index in [1.807, 2.05) is 0 Å². The molecule has 0 spiro atoms. The molecule has 0 aromatic carbocycles. The molecular formula is C13H21BN2O4. The van der Waals surface area contributed by atoms with Crippen LogP contribution < -0.4 is 10.8 Å². The van der Waals surface area contributed by atoms with Gasteiger partial charge in [-0.25, -0.2) is 4.98 Å². The summed E-state index contributed by atoms with van der Waals surface area (Å²) in [6.45, 7) is 7.99. The minimum Gasteiger partial charge on any atom is -0.423 e. The highest BCUT2D eigenvalue weighted by molar-refractivity contribution is 6.60. The SMILES string of the molecule is CC(=O)Nc1ccc(B(O)OC(C)(C)C(C)(C)O)cn1. The van der Waals surface area contributed by atoms with E-state index in [1.54, 1.807) is 39.8 Å². The van der Waals surface area contributed by atoms with Gasteiger partial charge in [-0.2, -0.15) is 0 Å². The van der Waals surface area contributed by atoms with E-state index in [4.69, 9.17) is 4.65 Å². The Kier molecular flexibility index (Phi) is 4.91. The Morgan fingerprint density at radius 2 is 1.95 bits per heavy atom. The predicted octanol–water partition coefficient (Wildman–Crippen LogP) is 0.294. The van der Waals surface area contributed by atoms with Crippen LogP contribution in [0.1, 0.15) is 34.6 Å². The van der Waals surface area contributed by atoms with Gasteiger partial charge in [-0.1, -0.05) is 6.07 Å². The van der Waals surface area contributed by atoms with Crippen molar-refractivity contribution < 1.29 is 19.6 Å². The number of carbonyl (C=O) groups is 1. The van der Waals surface area contributed by atoms with Crippen molar-refractivity contribution >= 4 is 24.3 Å². The predicted molar refractivity (Wildman–Crippen MR) is 77.6 cm³/mol. The second kappa shape index (κ2) is 5.91. The number of aliphatic hydroxyl groups is 1. The molecule has 0 fully saturated rings. The summed E-state index contributed by atoms with van der Waals surface area (Å²) in [6, 6.07) is 3.17. The summed E-state index contributed by atoms with van der Waals surface area (Å²) >= 11 is 0. The normalized spacial score (nSPS) is 12.2. The van der Waals surface area contributed by atoms with Crippen LogP contribution in [0, 0.1) is 0 Å². The summed E-state index contributed by atoms with van der Waals surface area (Å²) < 4.78 is 5.49. The van der Waals surface area contributed by atoms with Crippen LogP contribution in [0.5, 0.6) is 0 Å². The first-order valence-electron chi connectivity index (χ1n) is 6.35. The summed E-state index contributed by atoms with van der Waals surface area (Å²) in [5.41, 5.74) is -1.61. The standard InChI is InChI=1S/C13H21BN2O4/c1-9(17)16-11-7-6-10(8-15-11)14(19)20-13(4,5)12(2,3)18/h6-8,18-19H,1-5H3,(H,15,16,17). The molecule has 0 saturated carbocycles. The maximum Gasteiger partial charge on any atom is 0.493 e. The van der Waals surface area contributed by atoms with E-state index >= 15 is 0 Å². The summed E-state index contributed by atoms with van der Waals surface area (Å²) in [5.74, 6) is 0.181. The monoisotopic (exact) mass is 280 g/mol. The van der Waals surface area contributed by atoms with Crippen molar-refractivity contribution in [2.24, 2.45) is 0 Å². The molecule has 0 atom stereocenters. The molecule has 1 aromatic rings. The fraction of sp³-hybridized carbons (Fsp3) is 0.538. The van der Waals surface area contributed by atoms with Crippen molar-refractivity contribution in [2.75, 3.05) is 5.32 Å². The van der Waals surface area contributed by atoms with Crippen molar-refractivity contribution in [1.82, 2.24) is 4.98 Å². The highest BCUT2D eigenvalue weighted by Gasteiger charge is 2.39. The van der Waals surface area contributed by atoms with E-state index in [9.17, 15) is 14.9 Å². The summed E-state index contributed by atoms with van der Waals surface area (Å²) in [6.07, 6.45) is 1.41. The third-order valence-corrected chi connectivity index (χ3v) is 3.26. The molecule has 0 radical (unpaired) electrons. The lowest BCUT2D eigenvalue weighted by atomic mass is 9.77. The molecule has 1 rings (SSSR count). The Balaban J connectivity index is 2.78. The molecule has 1 amide bonds. The van der Waals surface area contributed by atoms with E-state index in [0.29, 0.717) is 11.3 Å². The molecule has 0 aliphatic carbocycles. The van der Waals surface area contributed by atoms with Gasteiger partial charge < -0.3 is 20.1 Å². The van der Waals surface area contributed by atoms with Gasteiger partial charge in [-0.05, 0) is 33.8 Å². The van der Waals surface area contributed by atoms with Gasteiger partial charge in [0.25, 0.3) is 0 Å². The van der Waals surface area contributed by atoms with Crippen molar-refractivity contribution in [3.8, 4) is 0 Å². The average molecular weight is 280 g/mol. The third-order valence-electron chi connectivity index (χ3n) is 3.26. The van der Waals surface area contributed by atoms with Gasteiger partial charge in [0.1, 0.15) is 5.82 Å². The number of hydrogen-bond acceptors (Lipinski definition) is 5. The summed E-state index contributed by atoms with van der Waals surface area (Å²) in [7, 11) is -1.21. The number of pyridine rings is 1. The van der Waals surface area contributed by atoms with Gasteiger partial charge in [-0.3, -0.25) is 4.79 Å².